The Morgan fingerprint density at radius 2 is 2.10 bits per heavy atom. The molecule has 0 spiro atoms. The third-order valence-corrected chi connectivity index (χ3v) is 3.65. The first kappa shape index (κ1) is 15.3. The van der Waals surface area contributed by atoms with Crippen molar-refractivity contribution >= 4 is 16.8 Å². The fraction of sp³-hybridized carbons (Fsp3) is 0.375. The van der Waals surface area contributed by atoms with Crippen LogP contribution in [0.25, 0.3) is 10.9 Å². The number of pyridine rings is 1. The average Bonchev–Trinajstić information content (AvgIpc) is 2.50. The van der Waals surface area contributed by atoms with E-state index < -0.39 is 0 Å². The SMILES string of the molecule is CCN(C)C(=O)C(C)NCc1cc2ccccc2[nH]c1=O. The first-order chi connectivity index (χ1) is 10.0. The van der Waals surface area contributed by atoms with E-state index in [0.717, 1.165) is 10.9 Å². The van der Waals surface area contributed by atoms with Gasteiger partial charge in [-0.25, -0.2) is 0 Å². The number of fused-ring (bicyclic) bond motifs is 1. The summed E-state index contributed by atoms with van der Waals surface area (Å²) >= 11 is 0. The van der Waals surface area contributed by atoms with Crippen molar-refractivity contribution in [1.82, 2.24) is 15.2 Å². The predicted octanol–water partition coefficient (Wildman–Crippen LogP) is 1.48. The van der Waals surface area contributed by atoms with Crippen LogP contribution in [-0.2, 0) is 11.3 Å². The van der Waals surface area contributed by atoms with Gasteiger partial charge in [0.2, 0.25) is 5.91 Å². The van der Waals surface area contributed by atoms with Gasteiger partial charge in [0.25, 0.3) is 5.56 Å². The minimum atomic E-state index is -0.319. The molecule has 0 saturated carbocycles. The van der Waals surface area contributed by atoms with Gasteiger partial charge in [-0.05, 0) is 31.4 Å². The van der Waals surface area contributed by atoms with Crippen LogP contribution in [0.1, 0.15) is 19.4 Å². The van der Waals surface area contributed by atoms with Crippen LogP contribution in [0.15, 0.2) is 35.1 Å². The second-order valence-electron chi connectivity index (χ2n) is 5.17. The molecule has 0 bridgehead atoms. The summed E-state index contributed by atoms with van der Waals surface area (Å²) in [5.74, 6) is 0.0229. The number of carbonyl (C=O) groups is 1. The van der Waals surface area contributed by atoms with E-state index >= 15 is 0 Å². The number of benzene rings is 1. The van der Waals surface area contributed by atoms with Gasteiger partial charge in [-0.2, -0.15) is 0 Å². The molecule has 2 aromatic rings. The third kappa shape index (κ3) is 3.49. The molecule has 2 N–H and O–H groups in total. The molecule has 0 aliphatic rings. The van der Waals surface area contributed by atoms with E-state index in [-0.39, 0.29) is 17.5 Å². The molecule has 1 atom stereocenters. The quantitative estimate of drug-likeness (QED) is 0.875. The molecule has 1 heterocycles. The highest BCUT2D eigenvalue weighted by Crippen LogP contribution is 2.10. The summed E-state index contributed by atoms with van der Waals surface area (Å²) < 4.78 is 0. The molecule has 21 heavy (non-hydrogen) atoms. The number of nitrogens with one attached hydrogen (secondary N) is 2. The minimum Gasteiger partial charge on any atom is -0.345 e. The lowest BCUT2D eigenvalue weighted by Gasteiger charge is -2.20. The van der Waals surface area contributed by atoms with Crippen LogP contribution in [0.4, 0.5) is 0 Å². The second kappa shape index (κ2) is 6.54. The Kier molecular flexibility index (Phi) is 4.75. The zero-order chi connectivity index (χ0) is 15.4. The first-order valence-electron chi connectivity index (χ1n) is 7.12. The van der Waals surface area contributed by atoms with Crippen molar-refractivity contribution in [2.24, 2.45) is 0 Å². The summed E-state index contributed by atoms with van der Waals surface area (Å²) in [4.78, 5) is 28.5. The maximum absolute atomic E-state index is 12.0. The van der Waals surface area contributed by atoms with Crippen LogP contribution < -0.4 is 10.9 Å². The third-order valence-electron chi connectivity index (χ3n) is 3.65. The maximum Gasteiger partial charge on any atom is 0.252 e. The van der Waals surface area contributed by atoms with Crippen molar-refractivity contribution in [1.29, 1.82) is 0 Å². The highest BCUT2D eigenvalue weighted by molar-refractivity contribution is 5.81. The number of aromatic nitrogens is 1. The van der Waals surface area contributed by atoms with Gasteiger partial charge in [0.1, 0.15) is 0 Å². The molecular weight excluding hydrogens is 266 g/mol. The van der Waals surface area contributed by atoms with Crippen LogP contribution in [-0.4, -0.2) is 35.4 Å². The lowest BCUT2D eigenvalue weighted by Crippen LogP contribution is -2.43. The van der Waals surface area contributed by atoms with Crippen LogP contribution in [0.3, 0.4) is 0 Å². The number of aromatic amines is 1. The van der Waals surface area contributed by atoms with E-state index in [4.69, 9.17) is 0 Å². The molecular formula is C16H21N3O2. The molecule has 112 valence electrons. The van der Waals surface area contributed by atoms with Crippen LogP contribution in [0, 0.1) is 0 Å². The van der Waals surface area contributed by atoms with Gasteiger partial charge in [0.05, 0.1) is 6.04 Å². The lowest BCUT2D eigenvalue weighted by atomic mass is 10.1. The number of H-pyrrole nitrogens is 1. The van der Waals surface area contributed by atoms with Crippen molar-refractivity contribution in [3.05, 3.63) is 46.2 Å². The van der Waals surface area contributed by atoms with Gasteiger partial charge < -0.3 is 15.2 Å². The number of carbonyl (C=O) groups excluding carboxylic acids is 1. The number of amides is 1. The molecule has 0 fully saturated rings. The smallest absolute Gasteiger partial charge is 0.252 e. The monoisotopic (exact) mass is 287 g/mol. The minimum absolute atomic E-state index is 0.0229. The zero-order valence-electron chi connectivity index (χ0n) is 12.6. The molecule has 1 amide bonds. The molecule has 5 nitrogen and oxygen atoms in total. The van der Waals surface area contributed by atoms with E-state index in [1.54, 1.807) is 11.9 Å². The van der Waals surface area contributed by atoms with Crippen LogP contribution in [0.5, 0.6) is 0 Å². The number of para-hydroxylation sites is 1. The fourth-order valence-electron chi connectivity index (χ4n) is 2.16. The van der Waals surface area contributed by atoms with E-state index in [9.17, 15) is 9.59 Å². The van der Waals surface area contributed by atoms with E-state index in [2.05, 4.69) is 10.3 Å². The number of hydrogen-bond donors (Lipinski definition) is 2. The Hall–Kier alpha value is -2.14. The van der Waals surface area contributed by atoms with Gasteiger partial charge in [-0.1, -0.05) is 18.2 Å². The van der Waals surface area contributed by atoms with Crippen molar-refractivity contribution in [3.63, 3.8) is 0 Å². The van der Waals surface area contributed by atoms with E-state index in [1.807, 2.05) is 44.2 Å². The highest BCUT2D eigenvalue weighted by atomic mass is 16.2. The topological polar surface area (TPSA) is 65.2 Å². The first-order valence-corrected chi connectivity index (χ1v) is 7.12. The Balaban J connectivity index is 2.11. The van der Waals surface area contributed by atoms with Crippen molar-refractivity contribution < 1.29 is 4.79 Å². The van der Waals surface area contributed by atoms with Gasteiger partial charge in [0.15, 0.2) is 0 Å². The van der Waals surface area contributed by atoms with Gasteiger partial charge in [0, 0.05) is 31.2 Å². The predicted molar refractivity (Wildman–Crippen MR) is 84.2 cm³/mol. The highest BCUT2D eigenvalue weighted by Gasteiger charge is 2.16. The Morgan fingerprint density at radius 3 is 2.81 bits per heavy atom. The summed E-state index contributed by atoms with van der Waals surface area (Å²) in [6.45, 7) is 4.77. The van der Waals surface area contributed by atoms with Gasteiger partial charge in [-0.3, -0.25) is 9.59 Å². The summed E-state index contributed by atoms with van der Waals surface area (Å²) in [7, 11) is 1.77. The van der Waals surface area contributed by atoms with Crippen LogP contribution in [0.2, 0.25) is 0 Å². The summed E-state index contributed by atoms with van der Waals surface area (Å²) in [6.07, 6.45) is 0. The Bertz CT molecular complexity index is 693. The normalized spacial score (nSPS) is 12.3. The molecule has 1 unspecified atom stereocenters. The second-order valence-corrected chi connectivity index (χ2v) is 5.17. The molecule has 1 aromatic carbocycles. The fourth-order valence-corrected chi connectivity index (χ4v) is 2.16. The number of nitrogens with zero attached hydrogens (tertiary/aromatic N) is 1. The van der Waals surface area contributed by atoms with Gasteiger partial charge >= 0.3 is 0 Å². The van der Waals surface area contributed by atoms with Crippen molar-refractivity contribution in [2.75, 3.05) is 13.6 Å². The van der Waals surface area contributed by atoms with Crippen LogP contribution >= 0.6 is 0 Å². The average molecular weight is 287 g/mol. The molecule has 0 saturated heterocycles. The zero-order valence-corrected chi connectivity index (χ0v) is 12.6. The summed E-state index contributed by atoms with van der Waals surface area (Å²) in [5.41, 5.74) is 1.33. The summed E-state index contributed by atoms with van der Waals surface area (Å²) in [5, 5.41) is 4.09. The summed E-state index contributed by atoms with van der Waals surface area (Å²) in [6, 6.07) is 9.19. The van der Waals surface area contributed by atoms with Gasteiger partial charge in [-0.15, -0.1) is 0 Å². The Morgan fingerprint density at radius 1 is 1.38 bits per heavy atom. The molecule has 1 aromatic heterocycles. The Labute approximate surface area is 124 Å². The number of likely N-dealkylation sites (N-methyl/N-ethyl adjacent to an activating group) is 1. The molecule has 0 radical (unpaired) electrons. The molecule has 0 aliphatic carbocycles. The number of rotatable bonds is 5. The van der Waals surface area contributed by atoms with Crippen molar-refractivity contribution in [2.45, 2.75) is 26.4 Å². The standard InChI is InChI=1S/C16H21N3O2/c1-4-19(3)16(21)11(2)17-10-13-9-12-7-5-6-8-14(12)18-15(13)20/h5-9,11,17H,4,10H2,1-3H3,(H,18,20). The van der Waals surface area contributed by atoms with Crippen molar-refractivity contribution in [3.8, 4) is 0 Å². The number of hydrogen-bond acceptors (Lipinski definition) is 3. The molecule has 5 heteroatoms. The largest absolute Gasteiger partial charge is 0.345 e. The lowest BCUT2D eigenvalue weighted by molar-refractivity contribution is -0.131. The molecule has 0 aliphatic heterocycles. The van der Waals surface area contributed by atoms with E-state index in [0.29, 0.717) is 18.7 Å². The van der Waals surface area contributed by atoms with E-state index in [1.165, 1.54) is 0 Å². The maximum atomic E-state index is 12.0. The molecule has 2 rings (SSSR count).